The third-order valence-corrected chi connectivity index (χ3v) is 1.67. The van der Waals surface area contributed by atoms with Crippen molar-refractivity contribution < 1.29 is 23.7 Å². The van der Waals surface area contributed by atoms with Gasteiger partial charge in [-0.15, -0.1) is 0 Å². The number of carbonyl (C=O) groups is 1. The van der Waals surface area contributed by atoms with Gasteiger partial charge >= 0.3 is 6.09 Å². The van der Waals surface area contributed by atoms with Gasteiger partial charge in [0.2, 0.25) is 0 Å². The third-order valence-electron chi connectivity index (χ3n) is 1.67. The van der Waals surface area contributed by atoms with Gasteiger partial charge in [-0.25, -0.2) is 4.79 Å². The summed E-state index contributed by atoms with van der Waals surface area (Å²) in [6, 6.07) is 0.0811. The molecule has 0 spiro atoms. The van der Waals surface area contributed by atoms with E-state index >= 15 is 0 Å². The minimum absolute atomic E-state index is 0.0811. The maximum atomic E-state index is 11.0. The normalized spacial score (nSPS) is 10.6. The zero-order valence-electron chi connectivity index (χ0n) is 10.9. The zero-order valence-corrected chi connectivity index (χ0v) is 10.9. The van der Waals surface area contributed by atoms with Crippen molar-refractivity contribution in [1.29, 1.82) is 0 Å². The van der Waals surface area contributed by atoms with E-state index in [-0.39, 0.29) is 12.6 Å². The number of nitrogens with one attached hydrogen (secondary N) is 1. The van der Waals surface area contributed by atoms with Crippen molar-refractivity contribution >= 4 is 6.09 Å². The van der Waals surface area contributed by atoms with Gasteiger partial charge in [-0.05, 0) is 13.8 Å². The van der Waals surface area contributed by atoms with Crippen molar-refractivity contribution in [3.05, 3.63) is 0 Å². The Morgan fingerprint density at radius 2 is 1.53 bits per heavy atom. The standard InChI is InChI=1S/C11H23NO5/c1-10(2)12-11(13)17-9-8-16-7-6-15-5-4-14-3/h10H,4-9H2,1-3H3,(H,12,13). The van der Waals surface area contributed by atoms with Gasteiger partial charge in [0.15, 0.2) is 0 Å². The van der Waals surface area contributed by atoms with Gasteiger partial charge in [0, 0.05) is 13.2 Å². The highest BCUT2D eigenvalue weighted by Gasteiger charge is 2.02. The van der Waals surface area contributed by atoms with Gasteiger partial charge in [0.1, 0.15) is 6.61 Å². The Labute approximate surface area is 103 Å². The first-order chi connectivity index (χ1) is 8.16. The second kappa shape index (κ2) is 11.6. The first-order valence-electron chi connectivity index (χ1n) is 5.74. The molecule has 1 N–H and O–H groups in total. The molecule has 0 aromatic heterocycles. The highest BCUT2D eigenvalue weighted by Crippen LogP contribution is 1.84. The molecule has 17 heavy (non-hydrogen) atoms. The van der Waals surface area contributed by atoms with E-state index in [1.54, 1.807) is 7.11 Å². The largest absolute Gasteiger partial charge is 0.447 e. The van der Waals surface area contributed by atoms with E-state index in [0.717, 1.165) is 0 Å². The van der Waals surface area contributed by atoms with Crippen LogP contribution in [-0.2, 0) is 18.9 Å². The average Bonchev–Trinajstić information content (AvgIpc) is 2.26. The smallest absolute Gasteiger partial charge is 0.407 e. The molecule has 0 aliphatic rings. The quantitative estimate of drug-likeness (QED) is 0.580. The van der Waals surface area contributed by atoms with Gasteiger partial charge in [-0.2, -0.15) is 0 Å². The fraction of sp³-hybridized carbons (Fsp3) is 0.909. The summed E-state index contributed by atoms with van der Waals surface area (Å²) in [6.07, 6.45) is -0.417. The minimum Gasteiger partial charge on any atom is -0.447 e. The van der Waals surface area contributed by atoms with Gasteiger partial charge in [-0.3, -0.25) is 0 Å². The monoisotopic (exact) mass is 249 g/mol. The van der Waals surface area contributed by atoms with Crippen molar-refractivity contribution in [2.24, 2.45) is 0 Å². The SMILES string of the molecule is COCCOCCOCCOC(=O)NC(C)C. The van der Waals surface area contributed by atoms with Crippen LogP contribution in [0.2, 0.25) is 0 Å². The second-order valence-electron chi connectivity index (χ2n) is 3.65. The zero-order chi connectivity index (χ0) is 12.9. The van der Waals surface area contributed by atoms with Crippen molar-refractivity contribution in [3.63, 3.8) is 0 Å². The van der Waals surface area contributed by atoms with Crippen LogP contribution < -0.4 is 5.32 Å². The van der Waals surface area contributed by atoms with Crippen LogP contribution in [0.5, 0.6) is 0 Å². The molecular weight excluding hydrogens is 226 g/mol. The number of amides is 1. The highest BCUT2D eigenvalue weighted by molar-refractivity contribution is 5.67. The molecule has 0 bridgehead atoms. The summed E-state index contributed by atoms with van der Waals surface area (Å²) < 4.78 is 20.1. The Morgan fingerprint density at radius 3 is 2.06 bits per heavy atom. The first-order valence-corrected chi connectivity index (χ1v) is 5.74. The summed E-state index contributed by atoms with van der Waals surface area (Å²) in [4.78, 5) is 11.0. The molecule has 0 radical (unpaired) electrons. The van der Waals surface area contributed by atoms with E-state index in [2.05, 4.69) is 5.32 Å². The van der Waals surface area contributed by atoms with Crippen molar-refractivity contribution in [3.8, 4) is 0 Å². The second-order valence-corrected chi connectivity index (χ2v) is 3.65. The first kappa shape index (κ1) is 16.1. The predicted molar refractivity (Wildman–Crippen MR) is 63.1 cm³/mol. The topological polar surface area (TPSA) is 66.0 Å². The lowest BCUT2D eigenvalue weighted by atomic mass is 10.4. The van der Waals surface area contributed by atoms with E-state index in [1.165, 1.54) is 0 Å². The van der Waals surface area contributed by atoms with Crippen LogP contribution in [0, 0.1) is 0 Å². The van der Waals surface area contributed by atoms with E-state index in [0.29, 0.717) is 33.0 Å². The highest BCUT2D eigenvalue weighted by atomic mass is 16.6. The number of carbonyl (C=O) groups excluding carboxylic acids is 1. The molecular formula is C11H23NO5. The van der Waals surface area contributed by atoms with Crippen LogP contribution in [0.1, 0.15) is 13.8 Å². The number of alkyl carbamates (subject to hydrolysis) is 1. The summed E-state index contributed by atoms with van der Waals surface area (Å²) in [5.41, 5.74) is 0. The van der Waals surface area contributed by atoms with Crippen LogP contribution in [0.4, 0.5) is 4.79 Å². The van der Waals surface area contributed by atoms with Gasteiger partial charge in [-0.1, -0.05) is 0 Å². The fourth-order valence-corrected chi connectivity index (χ4v) is 0.935. The lowest BCUT2D eigenvalue weighted by Crippen LogP contribution is -2.31. The number of hydrogen-bond acceptors (Lipinski definition) is 5. The van der Waals surface area contributed by atoms with E-state index in [1.807, 2.05) is 13.8 Å². The van der Waals surface area contributed by atoms with Gasteiger partial charge < -0.3 is 24.3 Å². The molecule has 0 aliphatic carbocycles. The number of rotatable bonds is 10. The Kier molecular flexibility index (Phi) is 11.0. The molecule has 0 unspecified atom stereocenters. The Hall–Kier alpha value is -0.850. The molecule has 0 rings (SSSR count). The molecule has 0 aromatic carbocycles. The molecule has 0 fully saturated rings. The maximum absolute atomic E-state index is 11.0. The molecule has 0 saturated carbocycles. The van der Waals surface area contributed by atoms with Crippen molar-refractivity contribution in [2.45, 2.75) is 19.9 Å². The molecule has 0 saturated heterocycles. The van der Waals surface area contributed by atoms with E-state index < -0.39 is 6.09 Å². The molecule has 0 aliphatic heterocycles. The summed E-state index contributed by atoms with van der Waals surface area (Å²) >= 11 is 0. The third kappa shape index (κ3) is 13.1. The molecule has 0 atom stereocenters. The van der Waals surface area contributed by atoms with Crippen LogP contribution in [0.25, 0.3) is 0 Å². The fourth-order valence-electron chi connectivity index (χ4n) is 0.935. The Morgan fingerprint density at radius 1 is 1.00 bits per heavy atom. The Balaban J connectivity index is 3.10. The maximum Gasteiger partial charge on any atom is 0.407 e. The van der Waals surface area contributed by atoms with Crippen LogP contribution in [0.15, 0.2) is 0 Å². The van der Waals surface area contributed by atoms with Crippen LogP contribution in [0.3, 0.4) is 0 Å². The molecule has 1 amide bonds. The number of methoxy groups -OCH3 is 1. The number of hydrogen-bond donors (Lipinski definition) is 1. The van der Waals surface area contributed by atoms with Crippen molar-refractivity contribution in [1.82, 2.24) is 5.32 Å². The summed E-state index contributed by atoms with van der Waals surface area (Å²) in [5.74, 6) is 0. The van der Waals surface area contributed by atoms with Gasteiger partial charge in [0.05, 0.1) is 33.0 Å². The molecule has 6 heteroatoms. The lowest BCUT2D eigenvalue weighted by molar-refractivity contribution is 0.0129. The van der Waals surface area contributed by atoms with E-state index in [9.17, 15) is 4.79 Å². The molecule has 102 valence electrons. The van der Waals surface area contributed by atoms with Crippen LogP contribution in [-0.4, -0.2) is 58.9 Å². The van der Waals surface area contributed by atoms with Crippen molar-refractivity contribution in [2.75, 3.05) is 46.8 Å². The molecule has 0 heterocycles. The van der Waals surface area contributed by atoms with Gasteiger partial charge in [0.25, 0.3) is 0 Å². The summed E-state index contributed by atoms with van der Waals surface area (Å²) in [5, 5.41) is 2.61. The molecule has 0 aromatic rings. The summed E-state index contributed by atoms with van der Waals surface area (Å²) in [7, 11) is 1.62. The van der Waals surface area contributed by atoms with E-state index in [4.69, 9.17) is 18.9 Å². The minimum atomic E-state index is -0.417. The van der Waals surface area contributed by atoms with Crippen LogP contribution >= 0.6 is 0 Å². The lowest BCUT2D eigenvalue weighted by Gasteiger charge is -2.09. The average molecular weight is 249 g/mol. The Bertz CT molecular complexity index is 187. The predicted octanol–water partition coefficient (Wildman–Crippen LogP) is 0.801. The number of ether oxygens (including phenoxy) is 4. The molecule has 6 nitrogen and oxygen atoms in total. The summed E-state index contributed by atoms with van der Waals surface area (Å²) in [6.45, 7) is 6.51.